The van der Waals surface area contributed by atoms with Crippen LogP contribution in [0.1, 0.15) is 73.8 Å². The molecule has 9 heteroatoms. The fourth-order valence-corrected chi connectivity index (χ4v) is 4.67. The van der Waals surface area contributed by atoms with Crippen LogP contribution in [0.5, 0.6) is 0 Å². The summed E-state index contributed by atoms with van der Waals surface area (Å²) in [4.78, 5) is 15.0. The first-order valence-corrected chi connectivity index (χ1v) is 11.7. The highest BCUT2D eigenvalue weighted by Crippen LogP contribution is 2.27. The van der Waals surface area contributed by atoms with Crippen molar-refractivity contribution in [3.05, 3.63) is 35.3 Å². The van der Waals surface area contributed by atoms with Crippen LogP contribution in [-0.2, 0) is 13.0 Å². The van der Waals surface area contributed by atoms with Crippen molar-refractivity contribution in [2.24, 2.45) is 5.92 Å². The zero-order chi connectivity index (χ0) is 22.8. The average Bonchev–Trinajstić information content (AvgIpc) is 3.48. The summed E-state index contributed by atoms with van der Waals surface area (Å²) in [6.07, 6.45) is 5.69. The molecule has 3 aromatic rings. The van der Waals surface area contributed by atoms with E-state index < -0.39 is 0 Å². The van der Waals surface area contributed by atoms with Gasteiger partial charge in [0.1, 0.15) is 17.8 Å². The maximum atomic E-state index is 13.1. The molecule has 0 radical (unpaired) electrons. The molecule has 1 N–H and O–H groups in total. The van der Waals surface area contributed by atoms with Gasteiger partial charge in [-0.05, 0) is 58.9 Å². The van der Waals surface area contributed by atoms with Gasteiger partial charge in [-0.3, -0.25) is 14.6 Å². The van der Waals surface area contributed by atoms with Crippen LogP contribution in [0.2, 0.25) is 0 Å². The highest BCUT2D eigenvalue weighted by atomic mass is 16.2. The van der Waals surface area contributed by atoms with Gasteiger partial charge in [0, 0.05) is 43.4 Å². The lowest BCUT2D eigenvalue weighted by atomic mass is 9.93. The number of carbonyl (C=O) groups excluding carboxylic acids is 1. The molecule has 4 heterocycles. The number of aromatic nitrogens is 7. The van der Waals surface area contributed by atoms with Gasteiger partial charge in [0.2, 0.25) is 0 Å². The minimum absolute atomic E-state index is 0.0174. The van der Waals surface area contributed by atoms with Crippen molar-refractivity contribution in [3.8, 4) is 11.3 Å². The van der Waals surface area contributed by atoms with Crippen LogP contribution >= 0.6 is 0 Å². The molecule has 1 amide bonds. The normalized spacial score (nSPS) is 15.1. The predicted molar refractivity (Wildman–Crippen MR) is 122 cm³/mol. The Morgan fingerprint density at radius 3 is 2.69 bits per heavy atom. The molecule has 0 unspecified atom stereocenters. The molecular formula is C23H34N8O. The highest BCUT2D eigenvalue weighted by molar-refractivity contribution is 5.93. The topological polar surface area (TPSA) is 97.5 Å². The van der Waals surface area contributed by atoms with E-state index in [1.54, 1.807) is 0 Å². The van der Waals surface area contributed by atoms with Crippen molar-refractivity contribution in [1.29, 1.82) is 0 Å². The number of likely N-dealkylation sites (tertiary alicyclic amines) is 1. The molecule has 0 aromatic carbocycles. The number of aryl methyl sites for hydroxylation is 2. The highest BCUT2D eigenvalue weighted by Gasteiger charge is 2.27. The third kappa shape index (κ3) is 4.33. The molecule has 0 spiro atoms. The molecule has 1 saturated heterocycles. The Balaban J connectivity index is 1.39. The smallest absolute Gasteiger partial charge is 0.271 e. The summed E-state index contributed by atoms with van der Waals surface area (Å²) in [5.74, 6) is 1.58. The molecule has 1 aliphatic rings. The minimum atomic E-state index is 0.0174. The van der Waals surface area contributed by atoms with Crippen LogP contribution in [0.3, 0.4) is 0 Å². The van der Waals surface area contributed by atoms with Crippen LogP contribution < -0.4 is 0 Å². The van der Waals surface area contributed by atoms with Crippen molar-refractivity contribution in [3.63, 3.8) is 0 Å². The van der Waals surface area contributed by atoms with Gasteiger partial charge < -0.3 is 9.47 Å². The van der Waals surface area contributed by atoms with Gasteiger partial charge in [0.25, 0.3) is 5.91 Å². The lowest BCUT2D eigenvalue weighted by molar-refractivity contribution is 0.0683. The van der Waals surface area contributed by atoms with E-state index in [1.807, 2.05) is 28.9 Å². The second kappa shape index (κ2) is 9.26. The first kappa shape index (κ1) is 22.2. The monoisotopic (exact) mass is 438 g/mol. The number of piperidine rings is 1. The molecule has 1 fully saturated rings. The summed E-state index contributed by atoms with van der Waals surface area (Å²) in [6, 6.07) is 2.23. The third-order valence-electron chi connectivity index (χ3n) is 6.46. The van der Waals surface area contributed by atoms with Gasteiger partial charge >= 0.3 is 0 Å². The zero-order valence-electron chi connectivity index (χ0n) is 19.8. The quantitative estimate of drug-likeness (QED) is 0.608. The SMILES string of the molecule is CCCn1nc(C)c(-c2cc(C(=O)N3CCC(Cc4nncn4C(C)C)CC3)[nH]n2)c1C. The minimum Gasteiger partial charge on any atom is -0.337 e. The largest absolute Gasteiger partial charge is 0.337 e. The molecule has 0 saturated carbocycles. The number of amides is 1. The Morgan fingerprint density at radius 1 is 1.25 bits per heavy atom. The van der Waals surface area contributed by atoms with Gasteiger partial charge in [-0.25, -0.2) is 0 Å². The molecule has 3 aromatic heterocycles. The molecule has 0 aliphatic carbocycles. The molecule has 32 heavy (non-hydrogen) atoms. The van der Waals surface area contributed by atoms with Crippen molar-refractivity contribution < 1.29 is 4.79 Å². The second-order valence-corrected chi connectivity index (χ2v) is 9.12. The number of rotatable bonds is 7. The summed E-state index contributed by atoms with van der Waals surface area (Å²) >= 11 is 0. The number of hydrogen-bond acceptors (Lipinski definition) is 5. The number of hydrogen-bond donors (Lipinski definition) is 1. The maximum Gasteiger partial charge on any atom is 0.271 e. The number of carbonyl (C=O) groups is 1. The predicted octanol–water partition coefficient (Wildman–Crippen LogP) is 3.57. The lowest BCUT2D eigenvalue weighted by Crippen LogP contribution is -2.39. The molecule has 0 bridgehead atoms. The molecule has 1 aliphatic heterocycles. The van der Waals surface area contributed by atoms with E-state index in [0.29, 0.717) is 17.7 Å². The third-order valence-corrected chi connectivity index (χ3v) is 6.46. The molecule has 9 nitrogen and oxygen atoms in total. The van der Waals surface area contributed by atoms with E-state index in [-0.39, 0.29) is 5.91 Å². The van der Waals surface area contributed by atoms with E-state index in [9.17, 15) is 4.79 Å². The Hall–Kier alpha value is -2.97. The van der Waals surface area contributed by atoms with Crippen LogP contribution in [0.4, 0.5) is 0 Å². The van der Waals surface area contributed by atoms with Crippen LogP contribution in [0, 0.1) is 19.8 Å². The fraction of sp³-hybridized carbons (Fsp3) is 0.609. The average molecular weight is 439 g/mol. The van der Waals surface area contributed by atoms with Crippen molar-refractivity contribution in [1.82, 2.24) is 39.6 Å². The first-order chi connectivity index (χ1) is 15.4. The number of aromatic amines is 1. The number of nitrogens with zero attached hydrogens (tertiary/aromatic N) is 7. The van der Waals surface area contributed by atoms with Crippen molar-refractivity contribution >= 4 is 5.91 Å². The van der Waals surface area contributed by atoms with E-state index in [1.165, 1.54) is 0 Å². The van der Waals surface area contributed by atoms with Crippen LogP contribution in [0.15, 0.2) is 12.4 Å². The van der Waals surface area contributed by atoms with Gasteiger partial charge in [0.15, 0.2) is 0 Å². The summed E-state index contributed by atoms with van der Waals surface area (Å²) in [5, 5.41) is 20.4. The van der Waals surface area contributed by atoms with Crippen LogP contribution in [-0.4, -0.2) is 58.6 Å². The summed E-state index contributed by atoms with van der Waals surface area (Å²) in [7, 11) is 0. The van der Waals surface area contributed by atoms with Gasteiger partial charge in [-0.15, -0.1) is 10.2 Å². The maximum absolute atomic E-state index is 13.1. The standard InChI is InChI=1S/C23H34N8O/c1-6-9-31-17(5)22(16(4)28-31)19-13-20(26-25-19)23(32)29-10-7-18(8-11-29)12-21-27-24-14-30(21)15(2)3/h13-15,18H,6-12H2,1-5H3,(H,25,26). The molecule has 172 valence electrons. The van der Waals surface area contributed by atoms with Gasteiger partial charge in [0.05, 0.1) is 11.4 Å². The Labute approximate surface area is 189 Å². The molecular weight excluding hydrogens is 404 g/mol. The van der Waals surface area contributed by atoms with Gasteiger partial charge in [-0.1, -0.05) is 6.92 Å². The van der Waals surface area contributed by atoms with Gasteiger partial charge in [-0.2, -0.15) is 10.2 Å². The van der Waals surface area contributed by atoms with E-state index in [0.717, 1.165) is 73.8 Å². The Morgan fingerprint density at radius 2 is 2.00 bits per heavy atom. The molecule has 4 rings (SSSR count). The van der Waals surface area contributed by atoms with Crippen molar-refractivity contribution in [2.45, 2.75) is 72.9 Å². The number of nitrogens with one attached hydrogen (secondary N) is 1. The summed E-state index contributed by atoms with van der Waals surface area (Å²) in [5.41, 5.74) is 4.37. The van der Waals surface area contributed by atoms with E-state index in [4.69, 9.17) is 0 Å². The number of H-pyrrole nitrogens is 1. The first-order valence-electron chi connectivity index (χ1n) is 11.7. The Bertz CT molecular complexity index is 1070. The van der Waals surface area contributed by atoms with E-state index in [2.05, 4.69) is 57.8 Å². The lowest BCUT2D eigenvalue weighted by Gasteiger charge is -2.31. The summed E-state index contributed by atoms with van der Waals surface area (Å²) < 4.78 is 4.15. The zero-order valence-corrected chi connectivity index (χ0v) is 19.8. The molecule has 0 atom stereocenters. The fourth-order valence-electron chi connectivity index (χ4n) is 4.67. The van der Waals surface area contributed by atoms with Crippen LogP contribution in [0.25, 0.3) is 11.3 Å². The summed E-state index contributed by atoms with van der Waals surface area (Å²) in [6.45, 7) is 12.9. The van der Waals surface area contributed by atoms with Crippen molar-refractivity contribution in [2.75, 3.05) is 13.1 Å². The second-order valence-electron chi connectivity index (χ2n) is 9.12. The Kier molecular flexibility index (Phi) is 6.43. The van der Waals surface area contributed by atoms with E-state index >= 15 is 0 Å².